The highest BCUT2D eigenvalue weighted by molar-refractivity contribution is 6.36. The number of piperidine rings is 1. The molecule has 6 aliphatic heterocycles. The number of rotatable bonds is 14. The fraction of sp³-hybridized carbons (Fsp3) is 0.492. The van der Waals surface area contributed by atoms with Gasteiger partial charge in [-0.2, -0.15) is 15.2 Å². The number of benzene rings is 4. The van der Waals surface area contributed by atoms with Crippen molar-refractivity contribution in [1.82, 2.24) is 39.4 Å². The van der Waals surface area contributed by atoms with Crippen molar-refractivity contribution in [3.8, 4) is 23.6 Å². The number of phenolic OH excluding ortho intramolecular Hbond substituents is 2. The van der Waals surface area contributed by atoms with Gasteiger partial charge in [0.05, 0.1) is 41.4 Å². The lowest BCUT2D eigenvalue weighted by molar-refractivity contribution is -0.128. The van der Waals surface area contributed by atoms with Crippen LogP contribution in [-0.2, 0) is 37.4 Å². The summed E-state index contributed by atoms with van der Waals surface area (Å²) in [6.45, 7) is 21.5. The van der Waals surface area contributed by atoms with Crippen LogP contribution in [0.15, 0.2) is 79.4 Å². The summed E-state index contributed by atoms with van der Waals surface area (Å²) in [5, 5.41) is 33.5. The van der Waals surface area contributed by atoms with Crippen LogP contribution in [0.3, 0.4) is 0 Å². The van der Waals surface area contributed by atoms with Gasteiger partial charge in [-0.1, -0.05) is 74.5 Å². The number of carbonyl (C=O) groups excluding carboxylic acids is 2. The van der Waals surface area contributed by atoms with Gasteiger partial charge in [0.25, 0.3) is 5.91 Å². The minimum absolute atomic E-state index is 0.0109. The number of aromatic hydroxyl groups is 2. The molecule has 2 N–H and O–H groups in total. The van der Waals surface area contributed by atoms with E-state index in [1.807, 2.05) is 26.0 Å². The number of amides is 2. The van der Waals surface area contributed by atoms with E-state index >= 15 is 0 Å². The normalized spacial score (nSPS) is 21.8. The minimum Gasteiger partial charge on any atom is -0.508 e. The van der Waals surface area contributed by atoms with E-state index in [1.54, 1.807) is 15.9 Å². The summed E-state index contributed by atoms with van der Waals surface area (Å²) in [6.07, 6.45) is 5.68. The van der Waals surface area contributed by atoms with Gasteiger partial charge in [-0.05, 0) is 110 Å². The Kier molecular flexibility index (Phi) is 15.8. The van der Waals surface area contributed by atoms with E-state index in [0.717, 1.165) is 128 Å². The topological polar surface area (TPSA) is 159 Å². The van der Waals surface area contributed by atoms with E-state index in [4.69, 9.17) is 26.3 Å². The summed E-state index contributed by atoms with van der Waals surface area (Å²) < 4.78 is 6.66. The number of halogens is 1. The third kappa shape index (κ3) is 11.2. The molecule has 4 saturated heterocycles. The maximum Gasteiger partial charge on any atom is 0.318 e. The summed E-state index contributed by atoms with van der Waals surface area (Å²) >= 11 is 6.84. The van der Waals surface area contributed by atoms with E-state index in [1.165, 1.54) is 30.5 Å². The van der Waals surface area contributed by atoms with Gasteiger partial charge in [0.1, 0.15) is 23.9 Å². The maximum absolute atomic E-state index is 13.6. The first kappa shape index (κ1) is 53.5. The monoisotopic (exact) mass is 1080 g/mol. The molecule has 1 aromatic heterocycles. The van der Waals surface area contributed by atoms with Gasteiger partial charge in [0.2, 0.25) is 5.91 Å². The van der Waals surface area contributed by atoms with Crippen LogP contribution < -0.4 is 14.5 Å². The standard InChI is InChI=1S/C61H74ClN11O5/c1-5-57(76)73-27-26-71(37-46(73)14-18-63)59-49-17-21-70(54-11-7-9-43-8-6-10-52(62)58(43)54)38-53(49)64-61(65-59)78-39-48-29-47(36-66(48)4)69-24-22-68(23-25-69)32-41-15-19-67(20-16-41)33-42-12-13-44-34-72(35-45(44)28-42)60(77)51-30-50(40(2)3)55(74)31-56(51)75/h5-13,28,30-31,40-41,46-48,74-75H,1,14-17,19-27,29,32-39H2,2-4H3/t46-,47-,48-/m0/s1. The number of anilines is 2. The predicted molar refractivity (Wildman–Crippen MR) is 304 cm³/mol. The lowest BCUT2D eigenvalue weighted by Gasteiger charge is -2.42. The molecule has 0 spiro atoms. The molecule has 17 heteroatoms. The molecule has 410 valence electrons. The van der Waals surface area contributed by atoms with Crippen molar-refractivity contribution in [2.24, 2.45) is 5.92 Å². The van der Waals surface area contributed by atoms with Crippen molar-refractivity contribution in [2.75, 3.05) is 102 Å². The Hall–Kier alpha value is -6.48. The second kappa shape index (κ2) is 23.1. The maximum atomic E-state index is 13.6. The summed E-state index contributed by atoms with van der Waals surface area (Å²) in [6, 6.07) is 24.9. The Labute approximate surface area is 464 Å². The Morgan fingerprint density at radius 2 is 1.64 bits per heavy atom. The number of ether oxygens (including phenoxy) is 1. The summed E-state index contributed by atoms with van der Waals surface area (Å²) in [5.74, 6) is 0.990. The van der Waals surface area contributed by atoms with Gasteiger partial charge in [-0.3, -0.25) is 24.3 Å². The molecule has 0 aliphatic carbocycles. The van der Waals surface area contributed by atoms with Crippen LogP contribution in [0.4, 0.5) is 11.5 Å². The lowest BCUT2D eigenvalue weighted by Crippen LogP contribution is -2.55. The highest BCUT2D eigenvalue weighted by atomic mass is 35.5. The number of phenols is 2. The van der Waals surface area contributed by atoms with Gasteiger partial charge in [-0.15, -0.1) is 0 Å². The molecular weight excluding hydrogens is 1000 g/mol. The van der Waals surface area contributed by atoms with Crippen molar-refractivity contribution < 1.29 is 24.5 Å². The number of fused-ring (bicyclic) bond motifs is 3. The SMILES string of the molecule is C=CC(=O)N1CCN(c2nc(OC[C@@H]3C[C@H](N4CCN(CC5CCN(Cc6ccc7c(c6)CN(C(=O)c6cc(C(C)C)c(O)cc6O)C7)CC5)CC4)CN3C)nc3c2CCN(c2cccc4cccc(Cl)c24)C3)C[C@@H]1CC#N. The number of hydrogen-bond acceptors (Lipinski definition) is 14. The number of piperazine rings is 2. The van der Waals surface area contributed by atoms with Crippen LogP contribution in [0.25, 0.3) is 10.8 Å². The number of carbonyl (C=O) groups is 2. The first-order valence-corrected chi connectivity index (χ1v) is 28.5. The second-order valence-corrected chi connectivity index (χ2v) is 23.3. The zero-order valence-electron chi connectivity index (χ0n) is 45.5. The number of nitriles is 1. The Balaban J connectivity index is 0.669. The zero-order chi connectivity index (χ0) is 54.2. The molecule has 3 atom stereocenters. The first-order chi connectivity index (χ1) is 37.8. The molecule has 5 aromatic rings. The minimum atomic E-state index is -0.285. The molecule has 4 fully saturated rings. The van der Waals surface area contributed by atoms with Crippen LogP contribution in [0.2, 0.25) is 5.02 Å². The van der Waals surface area contributed by atoms with Gasteiger partial charge in [0, 0.05) is 120 Å². The molecule has 0 unspecified atom stereocenters. The second-order valence-electron chi connectivity index (χ2n) is 22.9. The molecule has 11 rings (SSSR count). The molecule has 78 heavy (non-hydrogen) atoms. The van der Waals surface area contributed by atoms with Crippen molar-refractivity contribution in [2.45, 2.75) is 96.2 Å². The number of hydrogen-bond donors (Lipinski definition) is 2. The Morgan fingerprint density at radius 1 is 0.859 bits per heavy atom. The smallest absolute Gasteiger partial charge is 0.318 e. The van der Waals surface area contributed by atoms with Crippen LogP contribution in [0.1, 0.15) is 89.3 Å². The van der Waals surface area contributed by atoms with Crippen LogP contribution in [0.5, 0.6) is 17.5 Å². The van der Waals surface area contributed by atoms with E-state index < -0.39 is 0 Å². The number of aromatic nitrogens is 2. The average Bonchev–Trinajstić information content (AvgIpc) is 4.08. The molecule has 6 aliphatic rings. The molecule has 0 saturated carbocycles. The zero-order valence-corrected chi connectivity index (χ0v) is 46.3. The van der Waals surface area contributed by atoms with Crippen molar-refractivity contribution in [1.29, 1.82) is 5.26 Å². The van der Waals surface area contributed by atoms with Gasteiger partial charge >= 0.3 is 6.01 Å². The molecule has 0 bridgehead atoms. The molecular formula is C61H74ClN11O5. The summed E-state index contributed by atoms with van der Waals surface area (Å²) in [7, 11) is 2.21. The molecule has 16 nitrogen and oxygen atoms in total. The predicted octanol–water partition coefficient (Wildman–Crippen LogP) is 7.63. The Morgan fingerprint density at radius 3 is 2.41 bits per heavy atom. The molecule has 4 aromatic carbocycles. The van der Waals surface area contributed by atoms with E-state index in [2.05, 4.69) is 91.6 Å². The third-order valence-corrected chi connectivity index (χ3v) is 18.0. The lowest BCUT2D eigenvalue weighted by atomic mass is 9.95. The summed E-state index contributed by atoms with van der Waals surface area (Å²) in [5.41, 5.74) is 7.54. The average molecular weight is 1080 g/mol. The van der Waals surface area contributed by atoms with Crippen molar-refractivity contribution >= 4 is 45.7 Å². The quantitative estimate of drug-likeness (QED) is 0.105. The fourth-order valence-electron chi connectivity index (χ4n) is 13.2. The van der Waals surface area contributed by atoms with Crippen LogP contribution in [0, 0.1) is 17.2 Å². The van der Waals surface area contributed by atoms with E-state index in [-0.39, 0.29) is 53.3 Å². The van der Waals surface area contributed by atoms with Gasteiger partial charge < -0.3 is 39.4 Å². The fourth-order valence-corrected chi connectivity index (χ4v) is 13.5. The summed E-state index contributed by atoms with van der Waals surface area (Å²) in [4.78, 5) is 55.2. The highest BCUT2D eigenvalue weighted by Crippen LogP contribution is 2.39. The molecule has 0 radical (unpaired) electrons. The number of likely N-dealkylation sites (tertiary alicyclic amines) is 2. The van der Waals surface area contributed by atoms with Gasteiger partial charge in [-0.25, -0.2) is 0 Å². The molecule has 2 amide bonds. The highest BCUT2D eigenvalue weighted by Gasteiger charge is 2.38. The Bertz CT molecular complexity index is 3090. The number of likely N-dealkylation sites (N-methyl/N-ethyl adjacent to an activating group) is 1. The molecule has 7 heterocycles. The third-order valence-electron chi connectivity index (χ3n) is 17.7. The van der Waals surface area contributed by atoms with Crippen molar-refractivity contribution in [3.05, 3.63) is 123 Å². The van der Waals surface area contributed by atoms with Crippen LogP contribution in [-0.4, -0.2) is 172 Å². The van der Waals surface area contributed by atoms with Gasteiger partial charge in [0.15, 0.2) is 0 Å². The van der Waals surface area contributed by atoms with E-state index in [0.29, 0.717) is 69.4 Å². The largest absolute Gasteiger partial charge is 0.508 e. The van der Waals surface area contributed by atoms with Crippen molar-refractivity contribution in [3.63, 3.8) is 0 Å². The van der Waals surface area contributed by atoms with E-state index in [9.17, 15) is 25.1 Å². The number of nitrogens with zero attached hydrogens (tertiary/aromatic N) is 11. The first-order valence-electron chi connectivity index (χ1n) is 28.1. The van der Waals surface area contributed by atoms with Crippen LogP contribution >= 0.6 is 11.6 Å².